The number of nitrogens with one attached hydrogen (secondary N) is 2. The van der Waals surface area contributed by atoms with Crippen LogP contribution in [-0.2, 0) is 13.1 Å². The number of methoxy groups -OCH3 is 2. The molecule has 0 aliphatic rings. The SMILES string of the molecule is CCNC(=NCc1ccc(OC)c(OC)c1)NCc1cc(C(CC)CC)no1. The van der Waals surface area contributed by atoms with Gasteiger partial charge in [-0.15, -0.1) is 0 Å². The number of nitrogens with zero attached hydrogens (tertiary/aromatic N) is 2. The number of hydrogen-bond acceptors (Lipinski definition) is 5. The standard InChI is InChI=1S/C21H32N4O3/c1-6-16(7-2)18-12-17(28-25-18)14-24-21(22-8-3)23-13-15-9-10-19(26-4)20(11-15)27-5/h9-12,16H,6-8,13-14H2,1-5H3,(H2,22,23,24). The van der Waals surface area contributed by atoms with Crippen LogP contribution in [-0.4, -0.2) is 31.9 Å². The van der Waals surface area contributed by atoms with Crippen LogP contribution in [0.4, 0.5) is 0 Å². The van der Waals surface area contributed by atoms with Gasteiger partial charge in [0, 0.05) is 18.5 Å². The fourth-order valence-corrected chi connectivity index (χ4v) is 2.97. The van der Waals surface area contributed by atoms with E-state index in [4.69, 9.17) is 14.0 Å². The van der Waals surface area contributed by atoms with Crippen LogP contribution in [0.25, 0.3) is 0 Å². The van der Waals surface area contributed by atoms with Crippen LogP contribution in [0, 0.1) is 0 Å². The largest absolute Gasteiger partial charge is 0.493 e. The van der Waals surface area contributed by atoms with Crippen molar-refractivity contribution >= 4 is 5.96 Å². The van der Waals surface area contributed by atoms with Gasteiger partial charge in [-0.1, -0.05) is 25.1 Å². The maximum Gasteiger partial charge on any atom is 0.191 e. The van der Waals surface area contributed by atoms with Gasteiger partial charge in [-0.2, -0.15) is 0 Å². The van der Waals surface area contributed by atoms with Gasteiger partial charge in [0.1, 0.15) is 0 Å². The van der Waals surface area contributed by atoms with E-state index in [2.05, 4.69) is 34.6 Å². The molecule has 0 saturated heterocycles. The number of aliphatic imine (C=N–C) groups is 1. The Kier molecular flexibility index (Phi) is 8.65. The molecule has 0 saturated carbocycles. The molecule has 0 atom stereocenters. The lowest BCUT2D eigenvalue weighted by Crippen LogP contribution is -2.36. The second-order valence-electron chi connectivity index (χ2n) is 6.47. The molecule has 28 heavy (non-hydrogen) atoms. The second kappa shape index (κ2) is 11.2. The van der Waals surface area contributed by atoms with E-state index >= 15 is 0 Å². The molecule has 7 nitrogen and oxygen atoms in total. The van der Waals surface area contributed by atoms with Crippen LogP contribution < -0.4 is 20.1 Å². The monoisotopic (exact) mass is 388 g/mol. The van der Waals surface area contributed by atoms with E-state index in [1.807, 2.05) is 31.2 Å². The lowest BCUT2D eigenvalue weighted by atomic mass is 9.99. The fourth-order valence-electron chi connectivity index (χ4n) is 2.97. The third kappa shape index (κ3) is 5.90. The highest BCUT2D eigenvalue weighted by atomic mass is 16.5. The van der Waals surface area contributed by atoms with E-state index in [-0.39, 0.29) is 0 Å². The van der Waals surface area contributed by atoms with Crippen LogP contribution in [0.3, 0.4) is 0 Å². The Morgan fingerprint density at radius 2 is 1.82 bits per heavy atom. The molecule has 2 aromatic rings. The number of aromatic nitrogens is 1. The molecule has 0 bridgehead atoms. The summed E-state index contributed by atoms with van der Waals surface area (Å²) in [7, 11) is 3.25. The summed E-state index contributed by atoms with van der Waals surface area (Å²) in [5.74, 6) is 3.38. The number of rotatable bonds is 10. The number of hydrogen-bond donors (Lipinski definition) is 2. The quantitative estimate of drug-likeness (QED) is 0.475. The Balaban J connectivity index is 2.01. The molecule has 0 unspecified atom stereocenters. The highest BCUT2D eigenvalue weighted by molar-refractivity contribution is 5.79. The molecule has 154 valence electrons. The van der Waals surface area contributed by atoms with Gasteiger partial charge in [0.25, 0.3) is 0 Å². The average molecular weight is 389 g/mol. The van der Waals surface area contributed by atoms with Crippen molar-refractivity contribution in [1.29, 1.82) is 0 Å². The van der Waals surface area contributed by atoms with Gasteiger partial charge in [0.05, 0.1) is 33.0 Å². The predicted octanol–water partition coefficient (Wildman–Crippen LogP) is 3.85. The molecule has 1 heterocycles. The molecule has 7 heteroatoms. The van der Waals surface area contributed by atoms with Gasteiger partial charge >= 0.3 is 0 Å². The van der Waals surface area contributed by atoms with E-state index in [1.165, 1.54) is 0 Å². The molecule has 2 N–H and O–H groups in total. The molecule has 0 spiro atoms. The lowest BCUT2D eigenvalue weighted by molar-refractivity contribution is 0.354. The van der Waals surface area contributed by atoms with E-state index in [0.717, 1.165) is 42.4 Å². The Hall–Kier alpha value is -2.70. The predicted molar refractivity (Wildman–Crippen MR) is 111 cm³/mol. The number of ether oxygens (including phenoxy) is 2. The smallest absolute Gasteiger partial charge is 0.191 e. The highest BCUT2D eigenvalue weighted by Gasteiger charge is 2.13. The summed E-state index contributed by atoms with van der Waals surface area (Å²) < 4.78 is 16.1. The summed E-state index contributed by atoms with van der Waals surface area (Å²) in [5, 5.41) is 10.8. The van der Waals surface area contributed by atoms with E-state index < -0.39 is 0 Å². The lowest BCUT2D eigenvalue weighted by Gasteiger charge is -2.11. The van der Waals surface area contributed by atoms with Crippen molar-refractivity contribution in [3.05, 3.63) is 41.3 Å². The normalized spacial score (nSPS) is 11.6. The third-order valence-electron chi connectivity index (χ3n) is 4.62. The average Bonchev–Trinajstić information content (AvgIpc) is 3.19. The van der Waals surface area contributed by atoms with Gasteiger partial charge in [-0.05, 0) is 37.5 Å². The highest BCUT2D eigenvalue weighted by Crippen LogP contribution is 2.27. The van der Waals surface area contributed by atoms with Crippen molar-refractivity contribution in [3.63, 3.8) is 0 Å². The van der Waals surface area contributed by atoms with Crippen molar-refractivity contribution in [2.75, 3.05) is 20.8 Å². The van der Waals surface area contributed by atoms with Gasteiger partial charge < -0.3 is 24.6 Å². The van der Waals surface area contributed by atoms with E-state index in [9.17, 15) is 0 Å². The van der Waals surface area contributed by atoms with Gasteiger partial charge in [-0.3, -0.25) is 0 Å². The van der Waals surface area contributed by atoms with Crippen molar-refractivity contribution < 1.29 is 14.0 Å². The Bertz CT molecular complexity index is 754. The summed E-state index contributed by atoms with van der Waals surface area (Å²) in [4.78, 5) is 4.64. The molecule has 0 fully saturated rings. The summed E-state index contributed by atoms with van der Waals surface area (Å²) >= 11 is 0. The van der Waals surface area contributed by atoms with Crippen molar-refractivity contribution in [1.82, 2.24) is 15.8 Å². The zero-order chi connectivity index (χ0) is 20.4. The van der Waals surface area contributed by atoms with Gasteiger partial charge in [-0.25, -0.2) is 4.99 Å². The minimum absolute atomic E-state index is 0.449. The van der Waals surface area contributed by atoms with Crippen molar-refractivity contribution in [2.24, 2.45) is 4.99 Å². The van der Waals surface area contributed by atoms with E-state index in [1.54, 1.807) is 14.2 Å². The Morgan fingerprint density at radius 3 is 2.46 bits per heavy atom. The molecule has 0 aliphatic heterocycles. The van der Waals surface area contributed by atoms with Crippen LogP contribution in [0.5, 0.6) is 11.5 Å². The minimum atomic E-state index is 0.449. The molecule has 0 radical (unpaired) electrons. The summed E-state index contributed by atoms with van der Waals surface area (Å²) in [6, 6.07) is 7.83. The molecule has 0 aliphatic carbocycles. The van der Waals surface area contributed by atoms with Crippen LogP contribution in [0.2, 0.25) is 0 Å². The summed E-state index contributed by atoms with van der Waals surface area (Å²) in [6.07, 6.45) is 2.12. The molecular formula is C21H32N4O3. The summed E-state index contributed by atoms with van der Waals surface area (Å²) in [5.41, 5.74) is 2.06. The topological polar surface area (TPSA) is 80.9 Å². The molecule has 1 aromatic carbocycles. The van der Waals surface area contributed by atoms with Crippen molar-refractivity contribution in [2.45, 2.75) is 52.6 Å². The van der Waals surface area contributed by atoms with Crippen LogP contribution in [0.15, 0.2) is 33.8 Å². The zero-order valence-corrected chi connectivity index (χ0v) is 17.5. The van der Waals surface area contributed by atoms with E-state index in [0.29, 0.717) is 30.5 Å². The first-order valence-corrected chi connectivity index (χ1v) is 9.83. The van der Waals surface area contributed by atoms with Crippen molar-refractivity contribution in [3.8, 4) is 11.5 Å². The molecule has 0 amide bonds. The molecule has 1 aromatic heterocycles. The first-order chi connectivity index (χ1) is 13.6. The fraction of sp³-hybridized carbons (Fsp3) is 0.524. The second-order valence-corrected chi connectivity index (χ2v) is 6.47. The summed E-state index contributed by atoms with van der Waals surface area (Å²) in [6.45, 7) is 8.20. The third-order valence-corrected chi connectivity index (χ3v) is 4.62. The molecular weight excluding hydrogens is 356 g/mol. The Morgan fingerprint density at radius 1 is 1.07 bits per heavy atom. The van der Waals surface area contributed by atoms with Gasteiger partial charge in [0.15, 0.2) is 23.2 Å². The van der Waals surface area contributed by atoms with Crippen LogP contribution in [0.1, 0.15) is 56.5 Å². The van der Waals surface area contributed by atoms with Crippen LogP contribution >= 0.6 is 0 Å². The first-order valence-electron chi connectivity index (χ1n) is 9.83. The maximum atomic E-state index is 5.47. The maximum absolute atomic E-state index is 5.47. The Labute approximate surface area is 167 Å². The minimum Gasteiger partial charge on any atom is -0.493 e. The number of benzene rings is 1. The first kappa shape index (κ1) is 21.6. The van der Waals surface area contributed by atoms with Gasteiger partial charge in [0.2, 0.25) is 0 Å². The number of guanidine groups is 1. The molecule has 2 rings (SSSR count). The zero-order valence-electron chi connectivity index (χ0n) is 17.5.